The van der Waals surface area contributed by atoms with Crippen LogP contribution < -0.4 is 10.5 Å². The quantitative estimate of drug-likeness (QED) is 0.612. The number of halogens is 4. The van der Waals surface area contributed by atoms with E-state index in [1.165, 1.54) is 22.9 Å². The van der Waals surface area contributed by atoms with Crippen molar-refractivity contribution in [2.75, 3.05) is 6.54 Å². The summed E-state index contributed by atoms with van der Waals surface area (Å²) in [4.78, 5) is -0.704. The van der Waals surface area contributed by atoms with Crippen LogP contribution in [0.15, 0.2) is 29.2 Å². The van der Waals surface area contributed by atoms with E-state index in [9.17, 15) is 26.0 Å². The lowest BCUT2D eigenvalue weighted by Crippen LogP contribution is -2.41. The summed E-state index contributed by atoms with van der Waals surface area (Å²) in [6.07, 6.45) is -3.98. The summed E-state index contributed by atoms with van der Waals surface area (Å²) < 4.78 is 74.5. The van der Waals surface area contributed by atoms with Gasteiger partial charge >= 0.3 is 12.3 Å². The molecule has 4 nitrogen and oxygen atoms in total. The van der Waals surface area contributed by atoms with E-state index < -0.39 is 33.8 Å². The monoisotopic (exact) mass is 330 g/mol. The highest BCUT2D eigenvalue weighted by molar-refractivity contribution is 7.89. The molecule has 0 fully saturated rings. The first kappa shape index (κ1) is 16.8. The van der Waals surface area contributed by atoms with E-state index in [0.29, 0.717) is 0 Å². The maximum atomic E-state index is 12.7. The Hall–Kier alpha value is -1.26. The van der Waals surface area contributed by atoms with Crippen LogP contribution in [0, 0.1) is 0 Å². The Balaban J connectivity index is 3.05. The topological polar surface area (TPSA) is 72.2 Å². The lowest BCUT2D eigenvalue weighted by Gasteiger charge is -2.16. The molecule has 0 aromatic heterocycles. The molecule has 0 saturated carbocycles. The van der Waals surface area contributed by atoms with Gasteiger partial charge in [-0.2, -0.15) is 8.78 Å². The van der Waals surface area contributed by atoms with Gasteiger partial charge in [-0.05, 0) is 6.07 Å². The van der Waals surface area contributed by atoms with Crippen LogP contribution in [0.3, 0.4) is 0 Å². The normalized spacial score (nSPS) is 12.7. The molecule has 0 aliphatic carbocycles. The summed E-state index contributed by atoms with van der Waals surface area (Å²) in [5, 5.41) is 0. The van der Waals surface area contributed by atoms with Crippen LogP contribution >= 0.6 is 12.2 Å². The molecule has 0 aliphatic rings. The highest BCUT2D eigenvalue weighted by atomic mass is 32.2. The Morgan fingerprint density at radius 1 is 1.35 bits per heavy atom. The number of rotatable bonds is 6. The fourth-order valence-corrected chi connectivity index (χ4v) is 2.76. The van der Waals surface area contributed by atoms with Crippen molar-refractivity contribution in [1.29, 1.82) is 0 Å². The highest BCUT2D eigenvalue weighted by Gasteiger charge is 2.41. The maximum absolute atomic E-state index is 12.7. The molecule has 20 heavy (non-hydrogen) atoms. The van der Waals surface area contributed by atoms with Crippen molar-refractivity contribution in [3.8, 4) is 0 Å². The number of hydrogen-bond acceptors (Lipinski definition) is 3. The van der Waals surface area contributed by atoms with E-state index >= 15 is 0 Å². The van der Waals surface area contributed by atoms with Crippen molar-refractivity contribution >= 4 is 27.2 Å². The van der Waals surface area contributed by atoms with E-state index in [1.807, 2.05) is 0 Å². The van der Waals surface area contributed by atoms with Crippen molar-refractivity contribution in [3.63, 3.8) is 0 Å². The number of sulfonamides is 1. The molecule has 0 bridgehead atoms. The third-order valence-electron chi connectivity index (χ3n) is 2.26. The molecule has 1 aromatic carbocycles. The van der Waals surface area contributed by atoms with E-state index in [4.69, 9.17) is 5.73 Å². The van der Waals surface area contributed by atoms with E-state index in [0.717, 1.165) is 6.07 Å². The maximum Gasteiger partial charge on any atom is 0.320 e. The molecule has 0 heterocycles. The van der Waals surface area contributed by atoms with Crippen LogP contribution in [-0.2, 0) is 10.0 Å². The largest absolute Gasteiger partial charge is 0.389 e. The molecule has 0 atom stereocenters. The summed E-state index contributed by atoms with van der Waals surface area (Å²) in [5.41, 5.74) is 5.25. The number of benzene rings is 1. The van der Waals surface area contributed by atoms with E-state index in [2.05, 4.69) is 12.2 Å². The highest BCUT2D eigenvalue weighted by Crippen LogP contribution is 2.23. The van der Waals surface area contributed by atoms with Gasteiger partial charge in [0.05, 0.1) is 11.4 Å². The first-order chi connectivity index (χ1) is 9.08. The summed E-state index contributed by atoms with van der Waals surface area (Å²) in [6.45, 7) is -1.72. The van der Waals surface area contributed by atoms with Gasteiger partial charge in [-0.15, -0.1) is 0 Å². The van der Waals surface area contributed by atoms with Crippen molar-refractivity contribution in [2.45, 2.75) is 17.2 Å². The Labute approximate surface area is 118 Å². The molecule has 112 valence electrons. The van der Waals surface area contributed by atoms with Crippen molar-refractivity contribution in [1.82, 2.24) is 4.72 Å². The predicted octanol–water partition coefficient (Wildman–Crippen LogP) is 1.50. The summed E-state index contributed by atoms with van der Waals surface area (Å²) >= 11 is 4.63. The zero-order chi connectivity index (χ0) is 15.6. The number of hydrogen-bond donors (Lipinski definition) is 2. The van der Waals surface area contributed by atoms with Gasteiger partial charge in [0.1, 0.15) is 4.99 Å². The number of nitrogens with one attached hydrogen (secondary N) is 1. The summed E-state index contributed by atoms with van der Waals surface area (Å²) in [6, 6.07) is 5.13. The smallest absolute Gasteiger partial charge is 0.320 e. The number of alkyl halides is 4. The van der Waals surface area contributed by atoms with Gasteiger partial charge in [0.2, 0.25) is 10.0 Å². The fraction of sp³-hybridized carbons (Fsp3) is 0.300. The zero-order valence-electron chi connectivity index (χ0n) is 9.82. The molecular weight excluding hydrogens is 320 g/mol. The van der Waals surface area contributed by atoms with Crippen molar-refractivity contribution in [2.24, 2.45) is 5.73 Å². The summed E-state index contributed by atoms with van der Waals surface area (Å²) in [5.74, 6) is -4.47. The van der Waals surface area contributed by atoms with Crippen LogP contribution in [0.25, 0.3) is 0 Å². The van der Waals surface area contributed by atoms with Crippen LogP contribution in [0.5, 0.6) is 0 Å². The Morgan fingerprint density at radius 3 is 2.40 bits per heavy atom. The number of thiocarbonyl (C=S) groups is 1. The minimum absolute atomic E-state index is 0.0598. The van der Waals surface area contributed by atoms with Gasteiger partial charge in [0.15, 0.2) is 0 Å². The zero-order valence-corrected chi connectivity index (χ0v) is 11.4. The minimum Gasteiger partial charge on any atom is -0.389 e. The van der Waals surface area contributed by atoms with Gasteiger partial charge in [-0.3, -0.25) is 0 Å². The van der Waals surface area contributed by atoms with E-state index in [1.54, 1.807) is 0 Å². The molecule has 10 heteroatoms. The Morgan fingerprint density at radius 2 is 1.90 bits per heavy atom. The first-order valence-corrected chi connectivity index (χ1v) is 7.01. The van der Waals surface area contributed by atoms with Crippen molar-refractivity contribution < 1.29 is 26.0 Å². The second-order valence-corrected chi connectivity index (χ2v) is 5.92. The average Bonchev–Trinajstić information content (AvgIpc) is 2.36. The SMILES string of the molecule is NC(=S)c1ccccc1S(=O)(=O)NCC(F)(F)C(F)F. The van der Waals surface area contributed by atoms with Crippen LogP contribution in [-0.4, -0.2) is 32.3 Å². The molecule has 0 unspecified atom stereocenters. The van der Waals surface area contributed by atoms with Crippen LogP contribution in [0.1, 0.15) is 5.56 Å². The van der Waals surface area contributed by atoms with Gasteiger partial charge in [-0.25, -0.2) is 21.9 Å². The molecule has 1 rings (SSSR count). The number of nitrogens with two attached hydrogens (primary N) is 1. The third-order valence-corrected chi connectivity index (χ3v) is 3.94. The standard InChI is InChI=1S/C10H10F4N2O2S2/c11-9(12)10(13,14)5-16-20(17,18)7-4-2-1-3-6(7)8(15)19/h1-4,9,16H,5H2,(H2,15,19). The third kappa shape index (κ3) is 3.87. The molecular formula is C10H10F4N2O2S2. The van der Waals surface area contributed by atoms with Crippen LogP contribution in [0.2, 0.25) is 0 Å². The molecule has 3 N–H and O–H groups in total. The lowest BCUT2D eigenvalue weighted by molar-refractivity contribution is -0.122. The van der Waals surface area contributed by atoms with Crippen molar-refractivity contribution in [3.05, 3.63) is 29.8 Å². The van der Waals surface area contributed by atoms with Crippen LogP contribution in [0.4, 0.5) is 17.6 Å². The summed E-state index contributed by atoms with van der Waals surface area (Å²) in [7, 11) is -4.43. The van der Waals surface area contributed by atoms with Gasteiger partial charge in [0.25, 0.3) is 0 Å². The van der Waals surface area contributed by atoms with Gasteiger partial charge < -0.3 is 5.73 Å². The first-order valence-electron chi connectivity index (χ1n) is 5.12. The second kappa shape index (κ2) is 6.02. The molecule has 0 aliphatic heterocycles. The molecule has 0 amide bonds. The minimum atomic E-state index is -4.47. The van der Waals surface area contributed by atoms with E-state index in [-0.39, 0.29) is 10.6 Å². The predicted molar refractivity (Wildman–Crippen MR) is 68.5 cm³/mol. The molecule has 0 radical (unpaired) electrons. The Kier molecular flexibility index (Phi) is 5.05. The fourth-order valence-electron chi connectivity index (χ4n) is 1.25. The molecule has 0 saturated heterocycles. The Bertz CT molecular complexity index is 605. The second-order valence-electron chi connectivity index (χ2n) is 3.75. The average molecular weight is 330 g/mol. The molecule has 1 aromatic rings. The van der Waals surface area contributed by atoms with Gasteiger partial charge in [0, 0.05) is 5.56 Å². The van der Waals surface area contributed by atoms with Gasteiger partial charge in [-0.1, -0.05) is 30.4 Å². The lowest BCUT2D eigenvalue weighted by atomic mass is 10.2. The molecule has 0 spiro atoms.